The first-order chi connectivity index (χ1) is 12.9. The van der Waals surface area contributed by atoms with Crippen LogP contribution in [0.2, 0.25) is 0 Å². The molecule has 1 heterocycles. The number of rotatable bonds is 5. The number of urea groups is 1. The minimum Gasteiger partial charge on any atom is -0.338 e. The summed E-state index contributed by atoms with van der Waals surface area (Å²) in [5.41, 5.74) is 2.88. The molecular weight excluding hydrogens is 362 g/mol. The van der Waals surface area contributed by atoms with Crippen molar-refractivity contribution in [2.24, 2.45) is 0 Å². The van der Waals surface area contributed by atoms with Gasteiger partial charge in [-0.15, -0.1) is 0 Å². The molecule has 3 rings (SSSR count). The molecule has 2 aromatic rings. The van der Waals surface area contributed by atoms with E-state index in [1.165, 1.54) is 0 Å². The number of sulfonamides is 1. The standard InChI is InChI=1S/C20H25N3O3S/c1-3-21-20(24)23-12-11-17-13-19(10-9-18(17)14-23)27(25,26)22-15(2)16-7-5-4-6-8-16/h4-10,13,15,22H,3,11-12,14H2,1-2H3,(H,21,24)/t15-/m0/s1. The Kier molecular flexibility index (Phi) is 5.82. The number of carbonyl (C=O) groups excluding carboxylic acids is 1. The molecular formula is C20H25N3O3S. The Bertz CT molecular complexity index is 913. The summed E-state index contributed by atoms with van der Waals surface area (Å²) in [5.74, 6) is 0. The predicted octanol–water partition coefficient (Wildman–Crippen LogP) is 2.81. The van der Waals surface area contributed by atoms with E-state index >= 15 is 0 Å². The van der Waals surface area contributed by atoms with Crippen LogP contribution in [0.1, 0.15) is 36.6 Å². The molecule has 0 aliphatic carbocycles. The summed E-state index contributed by atoms with van der Waals surface area (Å²) >= 11 is 0. The molecule has 2 aromatic carbocycles. The highest BCUT2D eigenvalue weighted by Gasteiger charge is 2.24. The minimum absolute atomic E-state index is 0.0850. The van der Waals surface area contributed by atoms with Gasteiger partial charge in [0.05, 0.1) is 4.90 Å². The van der Waals surface area contributed by atoms with Crippen molar-refractivity contribution in [2.75, 3.05) is 13.1 Å². The van der Waals surface area contributed by atoms with Crippen molar-refractivity contribution >= 4 is 16.1 Å². The normalized spacial score (nSPS) is 15.1. The number of hydrogen-bond acceptors (Lipinski definition) is 3. The van der Waals surface area contributed by atoms with Crippen LogP contribution in [0, 0.1) is 0 Å². The molecule has 7 heteroatoms. The van der Waals surface area contributed by atoms with Crippen LogP contribution in [-0.4, -0.2) is 32.4 Å². The predicted molar refractivity (Wildman–Crippen MR) is 105 cm³/mol. The van der Waals surface area contributed by atoms with Gasteiger partial charge in [0.15, 0.2) is 0 Å². The molecule has 0 bridgehead atoms. The van der Waals surface area contributed by atoms with Gasteiger partial charge in [-0.25, -0.2) is 17.9 Å². The number of nitrogens with one attached hydrogen (secondary N) is 2. The van der Waals surface area contributed by atoms with Crippen molar-refractivity contribution in [3.05, 3.63) is 65.2 Å². The lowest BCUT2D eigenvalue weighted by molar-refractivity contribution is 0.193. The summed E-state index contributed by atoms with van der Waals surface area (Å²) in [6.45, 7) is 5.38. The zero-order valence-corrected chi connectivity index (χ0v) is 16.4. The fourth-order valence-electron chi connectivity index (χ4n) is 3.24. The van der Waals surface area contributed by atoms with Gasteiger partial charge in [0.25, 0.3) is 0 Å². The SMILES string of the molecule is CCNC(=O)N1CCc2cc(S(=O)(=O)N[C@@H](C)c3ccccc3)ccc2C1. The van der Waals surface area contributed by atoms with Gasteiger partial charge < -0.3 is 10.2 Å². The maximum absolute atomic E-state index is 12.8. The molecule has 0 spiro atoms. The van der Waals surface area contributed by atoms with Crippen LogP contribution in [0.15, 0.2) is 53.4 Å². The Morgan fingerprint density at radius 3 is 2.59 bits per heavy atom. The van der Waals surface area contributed by atoms with E-state index in [0.29, 0.717) is 26.1 Å². The quantitative estimate of drug-likeness (QED) is 0.828. The maximum atomic E-state index is 12.8. The van der Waals surface area contributed by atoms with Crippen molar-refractivity contribution in [3.8, 4) is 0 Å². The van der Waals surface area contributed by atoms with Crippen LogP contribution in [0.4, 0.5) is 4.79 Å². The second-order valence-corrected chi connectivity index (χ2v) is 8.41. The molecule has 144 valence electrons. The molecule has 0 fully saturated rings. The van der Waals surface area contributed by atoms with Gasteiger partial charge in [-0.2, -0.15) is 0 Å². The van der Waals surface area contributed by atoms with Gasteiger partial charge in [0, 0.05) is 25.7 Å². The van der Waals surface area contributed by atoms with Gasteiger partial charge >= 0.3 is 6.03 Å². The second kappa shape index (κ2) is 8.10. The molecule has 2 amide bonds. The third kappa shape index (κ3) is 4.48. The molecule has 0 unspecified atom stereocenters. The molecule has 0 saturated carbocycles. The Labute approximate surface area is 160 Å². The number of nitrogens with zero attached hydrogens (tertiary/aromatic N) is 1. The van der Waals surface area contributed by atoms with Crippen LogP contribution in [-0.2, 0) is 23.0 Å². The molecule has 2 N–H and O–H groups in total. The molecule has 6 nitrogen and oxygen atoms in total. The summed E-state index contributed by atoms with van der Waals surface area (Å²) in [7, 11) is -3.62. The van der Waals surface area contributed by atoms with E-state index in [9.17, 15) is 13.2 Å². The number of carbonyl (C=O) groups is 1. The van der Waals surface area contributed by atoms with Gasteiger partial charge in [0.1, 0.15) is 0 Å². The van der Waals surface area contributed by atoms with Crippen molar-refractivity contribution in [3.63, 3.8) is 0 Å². The molecule has 27 heavy (non-hydrogen) atoms. The number of amides is 2. The monoisotopic (exact) mass is 387 g/mol. The maximum Gasteiger partial charge on any atom is 0.317 e. The zero-order chi connectivity index (χ0) is 19.4. The molecule has 1 atom stereocenters. The Morgan fingerprint density at radius 2 is 1.89 bits per heavy atom. The number of hydrogen-bond donors (Lipinski definition) is 2. The lowest BCUT2D eigenvalue weighted by Gasteiger charge is -2.29. The van der Waals surface area contributed by atoms with E-state index in [1.54, 1.807) is 17.0 Å². The van der Waals surface area contributed by atoms with E-state index in [1.807, 2.05) is 50.2 Å². The Morgan fingerprint density at radius 1 is 1.15 bits per heavy atom. The fraction of sp³-hybridized carbons (Fsp3) is 0.350. The second-order valence-electron chi connectivity index (χ2n) is 6.69. The summed E-state index contributed by atoms with van der Waals surface area (Å²) in [6, 6.07) is 14.2. The van der Waals surface area contributed by atoms with Gasteiger partial charge in [-0.05, 0) is 49.1 Å². The van der Waals surface area contributed by atoms with E-state index in [-0.39, 0.29) is 17.0 Å². The number of fused-ring (bicyclic) bond motifs is 1. The van der Waals surface area contributed by atoms with Crippen LogP contribution in [0.25, 0.3) is 0 Å². The first kappa shape index (κ1) is 19.4. The minimum atomic E-state index is -3.62. The topological polar surface area (TPSA) is 78.5 Å². The Hall–Kier alpha value is -2.38. The summed E-state index contributed by atoms with van der Waals surface area (Å²) in [6.07, 6.45) is 0.643. The van der Waals surface area contributed by atoms with E-state index in [0.717, 1.165) is 16.7 Å². The lowest BCUT2D eigenvalue weighted by Crippen LogP contribution is -2.42. The highest BCUT2D eigenvalue weighted by Crippen LogP contribution is 2.24. The van der Waals surface area contributed by atoms with Crippen LogP contribution in [0.5, 0.6) is 0 Å². The zero-order valence-electron chi connectivity index (χ0n) is 15.6. The molecule has 0 saturated heterocycles. The first-order valence-corrected chi connectivity index (χ1v) is 10.6. The van der Waals surface area contributed by atoms with Crippen molar-refractivity contribution < 1.29 is 13.2 Å². The van der Waals surface area contributed by atoms with Crippen molar-refractivity contribution in [2.45, 2.75) is 37.8 Å². The Balaban J connectivity index is 1.76. The number of benzene rings is 2. The molecule has 1 aliphatic heterocycles. The summed E-state index contributed by atoms with van der Waals surface area (Å²) < 4.78 is 28.3. The van der Waals surface area contributed by atoms with E-state index < -0.39 is 10.0 Å². The van der Waals surface area contributed by atoms with Crippen molar-refractivity contribution in [1.29, 1.82) is 0 Å². The average Bonchev–Trinajstić information content (AvgIpc) is 2.67. The van der Waals surface area contributed by atoms with Crippen molar-refractivity contribution in [1.82, 2.24) is 14.9 Å². The molecule has 1 aliphatic rings. The lowest BCUT2D eigenvalue weighted by atomic mass is 10.0. The van der Waals surface area contributed by atoms with Gasteiger partial charge in [0.2, 0.25) is 10.0 Å². The largest absolute Gasteiger partial charge is 0.338 e. The fourth-order valence-corrected chi connectivity index (χ4v) is 4.53. The molecule has 0 aromatic heterocycles. The molecule has 0 radical (unpaired) electrons. The average molecular weight is 388 g/mol. The highest BCUT2D eigenvalue weighted by molar-refractivity contribution is 7.89. The van der Waals surface area contributed by atoms with Gasteiger partial charge in [-0.3, -0.25) is 0 Å². The first-order valence-electron chi connectivity index (χ1n) is 9.12. The van der Waals surface area contributed by atoms with Gasteiger partial charge in [-0.1, -0.05) is 36.4 Å². The third-order valence-electron chi connectivity index (χ3n) is 4.75. The van der Waals surface area contributed by atoms with E-state index in [2.05, 4.69) is 10.0 Å². The van der Waals surface area contributed by atoms with Crippen LogP contribution < -0.4 is 10.0 Å². The summed E-state index contributed by atoms with van der Waals surface area (Å²) in [5, 5.41) is 2.80. The summed E-state index contributed by atoms with van der Waals surface area (Å²) in [4.78, 5) is 14.0. The van der Waals surface area contributed by atoms with Crippen LogP contribution in [0.3, 0.4) is 0 Å². The van der Waals surface area contributed by atoms with Crippen LogP contribution >= 0.6 is 0 Å². The third-order valence-corrected chi connectivity index (χ3v) is 6.29. The smallest absolute Gasteiger partial charge is 0.317 e. The highest BCUT2D eigenvalue weighted by atomic mass is 32.2. The van der Waals surface area contributed by atoms with E-state index in [4.69, 9.17) is 0 Å².